The topological polar surface area (TPSA) is 53.9 Å². The summed E-state index contributed by atoms with van der Waals surface area (Å²) in [5, 5.41) is 3.50. The molecule has 3 rings (SSSR count). The lowest BCUT2D eigenvalue weighted by atomic mass is 10.2. The minimum absolute atomic E-state index is 0.0428. The Morgan fingerprint density at radius 2 is 2.08 bits per heavy atom. The van der Waals surface area contributed by atoms with E-state index in [0.29, 0.717) is 11.7 Å². The molecule has 1 aliphatic rings. The molecule has 0 amide bonds. The molecule has 1 saturated heterocycles. The number of alkyl halides is 3. The van der Waals surface area contributed by atoms with Gasteiger partial charge in [0.25, 0.3) is 0 Å². The van der Waals surface area contributed by atoms with Gasteiger partial charge in [-0.15, -0.1) is 0 Å². The van der Waals surface area contributed by atoms with Gasteiger partial charge >= 0.3 is 6.18 Å². The molecule has 0 radical (unpaired) electrons. The first-order valence-electron chi connectivity index (χ1n) is 7.39. The number of rotatable bonds is 4. The van der Waals surface area contributed by atoms with Gasteiger partial charge < -0.3 is 5.32 Å². The van der Waals surface area contributed by atoms with E-state index in [1.54, 1.807) is 12.3 Å². The van der Waals surface area contributed by atoms with Gasteiger partial charge in [0.1, 0.15) is 23.0 Å². The summed E-state index contributed by atoms with van der Waals surface area (Å²) >= 11 is 5.76. The molecule has 5 nitrogen and oxygen atoms in total. The predicted molar refractivity (Wildman–Crippen MR) is 83.6 cm³/mol. The van der Waals surface area contributed by atoms with Crippen LogP contribution >= 0.6 is 11.6 Å². The number of pyridine rings is 1. The predicted octanol–water partition coefficient (Wildman–Crippen LogP) is 3.23. The third kappa shape index (κ3) is 4.33. The minimum atomic E-state index is -4.47. The van der Waals surface area contributed by atoms with Crippen molar-refractivity contribution < 1.29 is 13.2 Å². The van der Waals surface area contributed by atoms with Crippen LogP contribution in [0.25, 0.3) is 0 Å². The van der Waals surface area contributed by atoms with E-state index >= 15 is 0 Å². The van der Waals surface area contributed by atoms with Crippen LogP contribution in [0.15, 0.2) is 30.7 Å². The summed E-state index contributed by atoms with van der Waals surface area (Å²) < 4.78 is 38.0. The summed E-state index contributed by atoms with van der Waals surface area (Å²) in [6, 6.07) is 4.63. The summed E-state index contributed by atoms with van der Waals surface area (Å²) in [4.78, 5) is 13.4. The molecule has 1 atom stereocenters. The van der Waals surface area contributed by atoms with E-state index < -0.39 is 11.9 Å². The summed E-state index contributed by atoms with van der Waals surface area (Å²) in [6.45, 7) is 2.28. The number of anilines is 1. The van der Waals surface area contributed by atoms with Crippen LogP contribution in [0.2, 0.25) is 5.15 Å². The Morgan fingerprint density at radius 3 is 2.79 bits per heavy atom. The Bertz CT molecular complexity index is 692. The van der Waals surface area contributed by atoms with Crippen molar-refractivity contribution in [3.63, 3.8) is 0 Å². The molecule has 0 spiro atoms. The lowest BCUT2D eigenvalue weighted by Gasteiger charge is -2.17. The molecular formula is C15H15ClF3N5. The monoisotopic (exact) mass is 357 g/mol. The van der Waals surface area contributed by atoms with Crippen LogP contribution in [-0.2, 0) is 12.7 Å². The molecule has 1 N–H and O–H groups in total. The van der Waals surface area contributed by atoms with Crippen molar-refractivity contribution in [1.82, 2.24) is 19.9 Å². The highest BCUT2D eigenvalue weighted by atomic mass is 35.5. The lowest BCUT2D eigenvalue weighted by Crippen LogP contribution is -2.26. The van der Waals surface area contributed by atoms with Gasteiger partial charge in [-0.25, -0.2) is 15.0 Å². The van der Waals surface area contributed by atoms with E-state index in [1.165, 1.54) is 0 Å². The second-order valence-electron chi connectivity index (χ2n) is 5.64. The van der Waals surface area contributed by atoms with Crippen molar-refractivity contribution in [3.8, 4) is 0 Å². The molecule has 0 aliphatic carbocycles. The molecule has 1 fully saturated rings. The zero-order chi connectivity index (χ0) is 17.2. The number of hydrogen-bond acceptors (Lipinski definition) is 5. The smallest absolute Gasteiger partial charge is 0.366 e. The molecule has 1 unspecified atom stereocenters. The van der Waals surface area contributed by atoms with Crippen LogP contribution in [0.4, 0.5) is 19.0 Å². The van der Waals surface area contributed by atoms with Crippen LogP contribution in [-0.4, -0.2) is 39.0 Å². The Hall–Kier alpha value is -1.93. The van der Waals surface area contributed by atoms with E-state index in [2.05, 4.69) is 25.2 Å². The molecule has 128 valence electrons. The minimum Gasteiger partial charge on any atom is -0.366 e. The number of nitrogens with zero attached hydrogens (tertiary/aromatic N) is 4. The van der Waals surface area contributed by atoms with Gasteiger partial charge in [0.05, 0.1) is 0 Å². The summed E-state index contributed by atoms with van der Waals surface area (Å²) in [6.07, 6.45) is -0.991. The molecule has 1 aliphatic heterocycles. The van der Waals surface area contributed by atoms with Crippen molar-refractivity contribution in [3.05, 3.63) is 47.1 Å². The number of aromatic nitrogens is 3. The Balaban J connectivity index is 1.57. The third-order valence-corrected chi connectivity index (χ3v) is 4.00. The first-order chi connectivity index (χ1) is 11.4. The number of nitrogens with one attached hydrogen (secondary N) is 1. The molecule has 2 aromatic heterocycles. The SMILES string of the molecule is FC(F)(F)c1cc(NC2CCN(Cc3ccc(Cl)nc3)C2)ncn1. The highest BCUT2D eigenvalue weighted by molar-refractivity contribution is 6.29. The van der Waals surface area contributed by atoms with E-state index in [1.807, 2.05) is 6.07 Å². The van der Waals surface area contributed by atoms with Crippen LogP contribution < -0.4 is 5.32 Å². The van der Waals surface area contributed by atoms with Crippen molar-refractivity contribution >= 4 is 17.4 Å². The lowest BCUT2D eigenvalue weighted by molar-refractivity contribution is -0.141. The molecule has 0 aromatic carbocycles. The fraction of sp³-hybridized carbons (Fsp3) is 0.400. The first kappa shape index (κ1) is 16.9. The summed E-state index contributed by atoms with van der Waals surface area (Å²) in [7, 11) is 0. The molecule has 0 saturated carbocycles. The highest BCUT2D eigenvalue weighted by Crippen LogP contribution is 2.28. The van der Waals surface area contributed by atoms with Crippen LogP contribution in [0.3, 0.4) is 0 Å². The fourth-order valence-corrected chi connectivity index (χ4v) is 2.76. The van der Waals surface area contributed by atoms with Gasteiger partial charge in [0, 0.05) is 37.9 Å². The second kappa shape index (κ2) is 6.90. The molecular weight excluding hydrogens is 343 g/mol. The van der Waals surface area contributed by atoms with Gasteiger partial charge in [-0.1, -0.05) is 17.7 Å². The maximum absolute atomic E-state index is 12.7. The van der Waals surface area contributed by atoms with Gasteiger partial charge in [0.15, 0.2) is 0 Å². The van der Waals surface area contributed by atoms with Crippen LogP contribution in [0, 0.1) is 0 Å². The fourth-order valence-electron chi connectivity index (χ4n) is 2.65. The van der Waals surface area contributed by atoms with Gasteiger partial charge in [-0.2, -0.15) is 13.2 Å². The summed E-state index contributed by atoms with van der Waals surface area (Å²) in [5.41, 5.74) is 0.100. The maximum atomic E-state index is 12.7. The molecule has 3 heterocycles. The third-order valence-electron chi connectivity index (χ3n) is 3.78. The molecule has 9 heteroatoms. The van der Waals surface area contributed by atoms with E-state index in [9.17, 15) is 13.2 Å². The van der Waals surface area contributed by atoms with Crippen molar-refractivity contribution in [2.75, 3.05) is 18.4 Å². The highest BCUT2D eigenvalue weighted by Gasteiger charge is 2.33. The van der Waals surface area contributed by atoms with Crippen molar-refractivity contribution in [2.45, 2.75) is 25.2 Å². The first-order valence-corrected chi connectivity index (χ1v) is 7.76. The van der Waals surface area contributed by atoms with Gasteiger partial charge in [-0.05, 0) is 18.1 Å². The Labute approximate surface area is 141 Å². The second-order valence-corrected chi connectivity index (χ2v) is 6.03. The van der Waals surface area contributed by atoms with Gasteiger partial charge in [-0.3, -0.25) is 4.90 Å². The van der Waals surface area contributed by atoms with E-state index in [4.69, 9.17) is 11.6 Å². The van der Waals surface area contributed by atoms with Crippen molar-refractivity contribution in [2.24, 2.45) is 0 Å². The molecule has 2 aromatic rings. The normalized spacial score (nSPS) is 18.8. The van der Waals surface area contributed by atoms with E-state index in [-0.39, 0.29) is 11.9 Å². The Kier molecular flexibility index (Phi) is 4.86. The molecule has 24 heavy (non-hydrogen) atoms. The standard InChI is InChI=1S/C15H15ClF3N5/c16-13-2-1-10(6-20-13)7-24-4-3-11(8-24)23-14-5-12(15(17,18)19)21-9-22-14/h1-2,5-6,9,11H,3-4,7-8H2,(H,21,22,23). The maximum Gasteiger partial charge on any atom is 0.433 e. The average molecular weight is 358 g/mol. The summed E-state index contributed by atoms with van der Waals surface area (Å²) in [5.74, 6) is 0.192. The number of likely N-dealkylation sites (tertiary alicyclic amines) is 1. The van der Waals surface area contributed by atoms with Crippen LogP contribution in [0.5, 0.6) is 0 Å². The zero-order valence-corrected chi connectivity index (χ0v) is 13.3. The van der Waals surface area contributed by atoms with Crippen LogP contribution in [0.1, 0.15) is 17.7 Å². The number of hydrogen-bond donors (Lipinski definition) is 1. The number of halogens is 4. The quantitative estimate of drug-likeness (QED) is 0.851. The largest absolute Gasteiger partial charge is 0.433 e. The van der Waals surface area contributed by atoms with Gasteiger partial charge in [0.2, 0.25) is 0 Å². The zero-order valence-electron chi connectivity index (χ0n) is 12.6. The van der Waals surface area contributed by atoms with Crippen molar-refractivity contribution in [1.29, 1.82) is 0 Å². The average Bonchev–Trinajstić information content (AvgIpc) is 2.96. The van der Waals surface area contributed by atoms with E-state index in [0.717, 1.165) is 37.5 Å². The molecule has 0 bridgehead atoms. The Morgan fingerprint density at radius 1 is 1.25 bits per heavy atom.